The predicted molar refractivity (Wildman–Crippen MR) is 84.4 cm³/mol. The van der Waals surface area contributed by atoms with Gasteiger partial charge in [-0.25, -0.2) is 0 Å². The molecule has 20 heavy (non-hydrogen) atoms. The Kier molecular flexibility index (Phi) is 3.66. The number of fused-ring (bicyclic) bond motifs is 3. The van der Waals surface area contributed by atoms with Gasteiger partial charge >= 0.3 is 0 Å². The van der Waals surface area contributed by atoms with Crippen LogP contribution in [0.1, 0.15) is 37.4 Å². The lowest BCUT2D eigenvalue weighted by atomic mass is 9.86. The van der Waals surface area contributed by atoms with Crippen LogP contribution in [0.2, 0.25) is 0 Å². The van der Waals surface area contributed by atoms with Gasteiger partial charge in [-0.15, -0.1) is 0 Å². The molecule has 0 saturated carbocycles. The number of hydrogen-bond donors (Lipinski definition) is 1. The predicted octanol–water partition coefficient (Wildman–Crippen LogP) is 4.08. The molecule has 1 aliphatic rings. The van der Waals surface area contributed by atoms with Gasteiger partial charge in [0.25, 0.3) is 0 Å². The molecular formula is C18H23NO. The van der Waals surface area contributed by atoms with Gasteiger partial charge in [-0.3, -0.25) is 0 Å². The standard InChI is InChI=1S/C18H23NO/c1-12(2)10-17-16-11-18(20-3)15-7-5-4-6-13(15)14(16)8-9-19-17/h4-7,11-12,17,19H,8-10H2,1-3H3. The molecule has 106 valence electrons. The van der Waals surface area contributed by atoms with E-state index in [1.807, 2.05) is 0 Å². The zero-order valence-corrected chi connectivity index (χ0v) is 12.6. The largest absolute Gasteiger partial charge is 0.496 e. The van der Waals surface area contributed by atoms with Gasteiger partial charge in [0, 0.05) is 11.4 Å². The molecule has 3 rings (SSSR count). The van der Waals surface area contributed by atoms with Crippen LogP contribution in [0, 0.1) is 5.92 Å². The van der Waals surface area contributed by atoms with Gasteiger partial charge in [-0.05, 0) is 47.9 Å². The molecule has 2 aromatic rings. The van der Waals surface area contributed by atoms with E-state index >= 15 is 0 Å². The average molecular weight is 269 g/mol. The van der Waals surface area contributed by atoms with Crippen LogP contribution in [-0.4, -0.2) is 13.7 Å². The van der Waals surface area contributed by atoms with E-state index in [0.717, 1.165) is 18.7 Å². The van der Waals surface area contributed by atoms with Crippen molar-refractivity contribution in [2.24, 2.45) is 5.92 Å². The summed E-state index contributed by atoms with van der Waals surface area (Å²) in [7, 11) is 1.77. The Balaban J connectivity index is 2.19. The Morgan fingerprint density at radius 1 is 1.25 bits per heavy atom. The monoisotopic (exact) mass is 269 g/mol. The Hall–Kier alpha value is -1.54. The summed E-state index contributed by atoms with van der Waals surface area (Å²) in [6.45, 7) is 5.64. The summed E-state index contributed by atoms with van der Waals surface area (Å²) >= 11 is 0. The van der Waals surface area contributed by atoms with E-state index in [1.54, 1.807) is 7.11 Å². The number of hydrogen-bond acceptors (Lipinski definition) is 2. The molecule has 0 amide bonds. The van der Waals surface area contributed by atoms with Crippen LogP contribution in [0.5, 0.6) is 5.75 Å². The Bertz CT molecular complexity index is 618. The quantitative estimate of drug-likeness (QED) is 0.906. The van der Waals surface area contributed by atoms with Gasteiger partial charge in [-0.2, -0.15) is 0 Å². The first-order valence-corrected chi connectivity index (χ1v) is 7.52. The van der Waals surface area contributed by atoms with Crippen LogP contribution >= 0.6 is 0 Å². The third kappa shape index (κ3) is 2.29. The highest BCUT2D eigenvalue weighted by Crippen LogP contribution is 2.37. The van der Waals surface area contributed by atoms with Crippen molar-refractivity contribution in [1.82, 2.24) is 5.32 Å². The molecule has 0 radical (unpaired) electrons. The first-order chi connectivity index (χ1) is 9.70. The molecule has 1 heterocycles. The van der Waals surface area contributed by atoms with Gasteiger partial charge in [0.05, 0.1) is 7.11 Å². The van der Waals surface area contributed by atoms with Crippen LogP contribution in [0.25, 0.3) is 10.8 Å². The van der Waals surface area contributed by atoms with Crippen molar-refractivity contribution >= 4 is 10.8 Å². The van der Waals surface area contributed by atoms with Crippen LogP contribution < -0.4 is 10.1 Å². The maximum atomic E-state index is 5.62. The summed E-state index contributed by atoms with van der Waals surface area (Å²) in [5.74, 6) is 1.69. The summed E-state index contributed by atoms with van der Waals surface area (Å²) in [5.41, 5.74) is 2.94. The minimum Gasteiger partial charge on any atom is -0.496 e. The second kappa shape index (κ2) is 5.45. The molecule has 0 saturated heterocycles. The molecule has 0 aromatic heterocycles. The SMILES string of the molecule is COc1cc2c(c3ccccc13)CCNC2CC(C)C. The van der Waals surface area contributed by atoms with E-state index in [4.69, 9.17) is 4.74 Å². The zero-order chi connectivity index (χ0) is 14.1. The maximum absolute atomic E-state index is 5.62. The van der Waals surface area contributed by atoms with Crippen molar-refractivity contribution in [2.45, 2.75) is 32.7 Å². The van der Waals surface area contributed by atoms with E-state index in [1.165, 1.54) is 28.3 Å². The Morgan fingerprint density at radius 3 is 2.70 bits per heavy atom. The highest BCUT2D eigenvalue weighted by molar-refractivity contribution is 5.92. The molecule has 2 aromatic carbocycles. The number of benzene rings is 2. The normalized spacial score (nSPS) is 18.3. The second-order valence-electron chi connectivity index (χ2n) is 6.08. The minimum atomic E-state index is 0.456. The zero-order valence-electron chi connectivity index (χ0n) is 12.6. The topological polar surface area (TPSA) is 21.3 Å². The molecule has 1 aliphatic heterocycles. The summed E-state index contributed by atoms with van der Waals surface area (Å²) in [6.07, 6.45) is 2.28. The Labute approximate surface area is 121 Å². The van der Waals surface area contributed by atoms with E-state index in [9.17, 15) is 0 Å². The molecule has 0 spiro atoms. The highest BCUT2D eigenvalue weighted by atomic mass is 16.5. The average Bonchev–Trinajstić information content (AvgIpc) is 2.46. The lowest BCUT2D eigenvalue weighted by Gasteiger charge is -2.30. The number of nitrogens with one attached hydrogen (secondary N) is 1. The van der Waals surface area contributed by atoms with Gasteiger partial charge in [-0.1, -0.05) is 38.1 Å². The van der Waals surface area contributed by atoms with E-state index < -0.39 is 0 Å². The molecular weight excluding hydrogens is 246 g/mol. The van der Waals surface area contributed by atoms with Crippen LogP contribution in [0.3, 0.4) is 0 Å². The van der Waals surface area contributed by atoms with Crippen LogP contribution in [0.15, 0.2) is 30.3 Å². The van der Waals surface area contributed by atoms with Crippen LogP contribution in [0.4, 0.5) is 0 Å². The van der Waals surface area contributed by atoms with E-state index in [-0.39, 0.29) is 0 Å². The van der Waals surface area contributed by atoms with Crippen molar-refractivity contribution in [3.05, 3.63) is 41.5 Å². The molecule has 0 aliphatic carbocycles. The maximum Gasteiger partial charge on any atom is 0.127 e. The van der Waals surface area contributed by atoms with Crippen molar-refractivity contribution in [2.75, 3.05) is 13.7 Å². The lowest BCUT2D eigenvalue weighted by Crippen LogP contribution is -2.31. The first-order valence-electron chi connectivity index (χ1n) is 7.52. The third-order valence-electron chi connectivity index (χ3n) is 4.22. The molecule has 1 unspecified atom stereocenters. The molecule has 2 nitrogen and oxygen atoms in total. The third-order valence-corrected chi connectivity index (χ3v) is 4.22. The number of ether oxygens (including phenoxy) is 1. The summed E-state index contributed by atoms with van der Waals surface area (Å²) in [6, 6.07) is 11.3. The molecule has 1 atom stereocenters. The summed E-state index contributed by atoms with van der Waals surface area (Å²) in [5, 5.41) is 6.26. The lowest BCUT2D eigenvalue weighted by molar-refractivity contribution is 0.402. The van der Waals surface area contributed by atoms with Crippen molar-refractivity contribution < 1.29 is 4.74 Å². The van der Waals surface area contributed by atoms with E-state index in [2.05, 4.69) is 49.5 Å². The first kappa shape index (κ1) is 13.4. The summed E-state index contributed by atoms with van der Waals surface area (Å²) in [4.78, 5) is 0. The van der Waals surface area contributed by atoms with Crippen molar-refractivity contribution in [3.63, 3.8) is 0 Å². The molecule has 0 fully saturated rings. The second-order valence-corrected chi connectivity index (χ2v) is 6.08. The number of rotatable bonds is 3. The Morgan fingerprint density at radius 2 is 2.00 bits per heavy atom. The van der Waals surface area contributed by atoms with E-state index in [0.29, 0.717) is 12.0 Å². The summed E-state index contributed by atoms with van der Waals surface area (Å²) < 4.78 is 5.62. The highest BCUT2D eigenvalue weighted by Gasteiger charge is 2.23. The van der Waals surface area contributed by atoms with Gasteiger partial charge in [0.2, 0.25) is 0 Å². The fourth-order valence-corrected chi connectivity index (χ4v) is 3.34. The van der Waals surface area contributed by atoms with Crippen molar-refractivity contribution in [3.8, 4) is 5.75 Å². The fraction of sp³-hybridized carbons (Fsp3) is 0.444. The molecule has 2 heteroatoms. The number of methoxy groups -OCH3 is 1. The minimum absolute atomic E-state index is 0.456. The molecule has 0 bridgehead atoms. The van der Waals surface area contributed by atoms with Crippen LogP contribution in [-0.2, 0) is 6.42 Å². The van der Waals surface area contributed by atoms with Gasteiger partial charge < -0.3 is 10.1 Å². The van der Waals surface area contributed by atoms with Crippen molar-refractivity contribution in [1.29, 1.82) is 0 Å². The smallest absolute Gasteiger partial charge is 0.127 e. The van der Waals surface area contributed by atoms with Gasteiger partial charge in [0.1, 0.15) is 5.75 Å². The van der Waals surface area contributed by atoms with Gasteiger partial charge in [0.15, 0.2) is 0 Å². The molecule has 1 N–H and O–H groups in total. The fourth-order valence-electron chi connectivity index (χ4n) is 3.34.